The van der Waals surface area contributed by atoms with Gasteiger partial charge in [-0.25, -0.2) is 8.42 Å². The van der Waals surface area contributed by atoms with Gasteiger partial charge in [0.05, 0.1) is 28.8 Å². The molecule has 1 saturated heterocycles. The molecule has 2 N–H and O–H groups in total. The summed E-state index contributed by atoms with van der Waals surface area (Å²) >= 11 is 6.08. The number of carbonyl (C=O) groups excluding carboxylic acids is 3. The van der Waals surface area contributed by atoms with Crippen LogP contribution in [0.1, 0.15) is 10.4 Å². The first-order valence-electron chi connectivity index (χ1n) is 9.93. The lowest BCUT2D eigenvalue weighted by molar-refractivity contribution is -0.146. The molecular weight excluding hydrogens is 474 g/mol. The predicted molar refractivity (Wildman–Crippen MR) is 119 cm³/mol. The molecule has 2 aromatic carbocycles. The normalized spacial score (nSPS) is 14.3. The maximum absolute atomic E-state index is 12.8. The molecule has 1 fully saturated rings. The summed E-state index contributed by atoms with van der Waals surface area (Å²) in [6.07, 6.45) is 0. The second kappa shape index (κ2) is 11.2. The molecule has 0 aliphatic carbocycles. The van der Waals surface area contributed by atoms with E-state index in [1.54, 1.807) is 30.3 Å². The van der Waals surface area contributed by atoms with Gasteiger partial charge in [-0.2, -0.15) is 4.31 Å². The van der Waals surface area contributed by atoms with Crippen molar-refractivity contribution in [2.75, 3.05) is 44.8 Å². The molecular formula is C21H22ClN3O7S. The van der Waals surface area contributed by atoms with Crippen molar-refractivity contribution in [2.24, 2.45) is 0 Å². The quantitative estimate of drug-likeness (QED) is 0.527. The molecule has 33 heavy (non-hydrogen) atoms. The van der Waals surface area contributed by atoms with Gasteiger partial charge in [0.25, 0.3) is 11.8 Å². The number of carbonyl (C=O) groups is 3. The number of hydrogen-bond donors (Lipinski definition) is 2. The Hall–Kier alpha value is -2.99. The summed E-state index contributed by atoms with van der Waals surface area (Å²) in [6.45, 7) is -0.0140. The van der Waals surface area contributed by atoms with E-state index in [0.717, 1.165) is 0 Å². The van der Waals surface area contributed by atoms with E-state index >= 15 is 0 Å². The highest BCUT2D eigenvalue weighted by atomic mass is 35.5. The fourth-order valence-corrected chi connectivity index (χ4v) is 4.52. The standard InChI is InChI=1S/C21H22ClN3O7S/c22-17-7-6-16(33(29,30)25-8-10-31-11-9-25)12-18(17)24-19(26)14-32-20(27)13-23-21(28)15-4-2-1-3-5-15/h1-7,12H,8-11,13-14H2,(H,23,28)(H,24,26). The molecule has 0 aromatic heterocycles. The Morgan fingerprint density at radius 2 is 1.76 bits per heavy atom. The number of nitrogens with one attached hydrogen (secondary N) is 2. The summed E-state index contributed by atoms with van der Waals surface area (Å²) in [5.74, 6) is -1.99. The number of amides is 2. The molecule has 2 aromatic rings. The van der Waals surface area contributed by atoms with E-state index < -0.39 is 41.0 Å². The van der Waals surface area contributed by atoms with Crippen molar-refractivity contribution in [3.63, 3.8) is 0 Å². The van der Waals surface area contributed by atoms with Gasteiger partial charge in [0.2, 0.25) is 10.0 Å². The van der Waals surface area contributed by atoms with Gasteiger partial charge in [0, 0.05) is 18.7 Å². The lowest BCUT2D eigenvalue weighted by atomic mass is 10.2. The molecule has 176 valence electrons. The minimum atomic E-state index is -3.78. The topological polar surface area (TPSA) is 131 Å². The molecule has 1 aliphatic heterocycles. The number of sulfonamides is 1. The van der Waals surface area contributed by atoms with Crippen LogP contribution in [0, 0.1) is 0 Å². The van der Waals surface area contributed by atoms with Gasteiger partial charge in [-0.05, 0) is 30.3 Å². The number of ether oxygens (including phenoxy) is 2. The zero-order valence-corrected chi connectivity index (χ0v) is 19.0. The van der Waals surface area contributed by atoms with Gasteiger partial charge in [-0.1, -0.05) is 29.8 Å². The van der Waals surface area contributed by atoms with E-state index in [0.29, 0.717) is 18.8 Å². The number of nitrogens with zero attached hydrogens (tertiary/aromatic N) is 1. The molecule has 0 atom stereocenters. The molecule has 0 radical (unpaired) electrons. The number of hydrogen-bond acceptors (Lipinski definition) is 7. The second-order valence-corrected chi connectivity index (χ2v) is 9.26. The smallest absolute Gasteiger partial charge is 0.325 e. The SMILES string of the molecule is O=C(COC(=O)CNC(=O)c1ccccc1)Nc1cc(S(=O)(=O)N2CCOCC2)ccc1Cl. The second-order valence-electron chi connectivity index (χ2n) is 6.92. The number of rotatable bonds is 8. The van der Waals surface area contributed by atoms with E-state index in [1.165, 1.54) is 22.5 Å². The predicted octanol–water partition coefficient (Wildman–Crippen LogP) is 1.27. The number of anilines is 1. The van der Waals surface area contributed by atoms with Crippen LogP contribution < -0.4 is 10.6 Å². The van der Waals surface area contributed by atoms with Crippen LogP contribution in [0.2, 0.25) is 5.02 Å². The first-order chi connectivity index (χ1) is 15.8. The average Bonchev–Trinajstić information content (AvgIpc) is 2.83. The minimum Gasteiger partial charge on any atom is -0.454 e. The highest BCUT2D eigenvalue weighted by Gasteiger charge is 2.27. The number of halogens is 1. The van der Waals surface area contributed by atoms with Crippen LogP contribution in [-0.4, -0.2) is 70.0 Å². The van der Waals surface area contributed by atoms with Crippen LogP contribution in [0.5, 0.6) is 0 Å². The number of benzene rings is 2. The molecule has 12 heteroatoms. The summed E-state index contributed by atoms with van der Waals surface area (Å²) < 4.78 is 36.9. The fourth-order valence-electron chi connectivity index (χ4n) is 2.92. The zero-order chi connectivity index (χ0) is 23.8. The summed E-state index contributed by atoms with van der Waals surface area (Å²) in [6, 6.07) is 12.2. The molecule has 0 bridgehead atoms. The molecule has 1 heterocycles. The summed E-state index contributed by atoms with van der Waals surface area (Å²) in [5, 5.41) is 4.93. The third-order valence-corrected chi connectivity index (χ3v) is 6.84. The molecule has 0 saturated carbocycles. The molecule has 0 unspecified atom stereocenters. The van der Waals surface area contributed by atoms with Crippen LogP contribution in [0.25, 0.3) is 0 Å². The Kier molecular flexibility index (Phi) is 8.39. The van der Waals surface area contributed by atoms with Crippen molar-refractivity contribution in [1.82, 2.24) is 9.62 Å². The van der Waals surface area contributed by atoms with E-state index in [1.807, 2.05) is 0 Å². The molecule has 10 nitrogen and oxygen atoms in total. The Labute approximate surface area is 195 Å². The van der Waals surface area contributed by atoms with Gasteiger partial charge in [-0.15, -0.1) is 0 Å². The van der Waals surface area contributed by atoms with E-state index in [9.17, 15) is 22.8 Å². The third-order valence-electron chi connectivity index (χ3n) is 4.61. The van der Waals surface area contributed by atoms with Crippen LogP contribution in [0.3, 0.4) is 0 Å². The van der Waals surface area contributed by atoms with Crippen LogP contribution in [-0.2, 0) is 29.1 Å². The minimum absolute atomic E-state index is 0.0373. The third kappa shape index (κ3) is 6.75. The monoisotopic (exact) mass is 495 g/mol. The lowest BCUT2D eigenvalue weighted by Crippen LogP contribution is -2.40. The summed E-state index contributed by atoms with van der Waals surface area (Å²) in [4.78, 5) is 35.9. The van der Waals surface area contributed by atoms with Crippen LogP contribution in [0.15, 0.2) is 53.4 Å². The van der Waals surface area contributed by atoms with Gasteiger partial charge in [0.1, 0.15) is 6.54 Å². The largest absolute Gasteiger partial charge is 0.454 e. The Bertz CT molecular complexity index is 1120. The zero-order valence-electron chi connectivity index (χ0n) is 17.5. The van der Waals surface area contributed by atoms with Crippen molar-refractivity contribution >= 4 is 45.1 Å². The van der Waals surface area contributed by atoms with Crippen molar-refractivity contribution < 1.29 is 32.3 Å². The number of morpholine rings is 1. The highest BCUT2D eigenvalue weighted by molar-refractivity contribution is 7.89. The van der Waals surface area contributed by atoms with E-state index in [2.05, 4.69) is 10.6 Å². The van der Waals surface area contributed by atoms with Crippen molar-refractivity contribution in [1.29, 1.82) is 0 Å². The van der Waals surface area contributed by atoms with Gasteiger partial charge >= 0.3 is 5.97 Å². The summed E-state index contributed by atoms with van der Waals surface area (Å²) in [7, 11) is -3.78. The average molecular weight is 496 g/mol. The molecule has 2 amide bonds. The van der Waals surface area contributed by atoms with Gasteiger partial charge in [0.15, 0.2) is 6.61 Å². The lowest BCUT2D eigenvalue weighted by Gasteiger charge is -2.26. The Morgan fingerprint density at radius 3 is 2.45 bits per heavy atom. The van der Waals surface area contributed by atoms with Gasteiger partial charge < -0.3 is 20.1 Å². The first kappa shape index (κ1) is 24.6. The van der Waals surface area contributed by atoms with Gasteiger partial charge in [-0.3, -0.25) is 14.4 Å². The van der Waals surface area contributed by atoms with Crippen molar-refractivity contribution in [3.05, 3.63) is 59.1 Å². The van der Waals surface area contributed by atoms with Crippen molar-refractivity contribution in [3.8, 4) is 0 Å². The molecule has 0 spiro atoms. The van der Waals surface area contributed by atoms with E-state index in [-0.39, 0.29) is 28.7 Å². The maximum atomic E-state index is 12.8. The highest BCUT2D eigenvalue weighted by Crippen LogP contribution is 2.27. The van der Waals surface area contributed by atoms with Crippen LogP contribution >= 0.6 is 11.6 Å². The number of esters is 1. The fraction of sp³-hybridized carbons (Fsp3) is 0.286. The van der Waals surface area contributed by atoms with Crippen LogP contribution in [0.4, 0.5) is 5.69 Å². The maximum Gasteiger partial charge on any atom is 0.325 e. The first-order valence-corrected chi connectivity index (χ1v) is 11.8. The molecule has 1 aliphatic rings. The Balaban J connectivity index is 1.53. The van der Waals surface area contributed by atoms with E-state index in [4.69, 9.17) is 21.1 Å². The molecule has 3 rings (SSSR count). The summed E-state index contributed by atoms with van der Waals surface area (Å²) in [5.41, 5.74) is 0.439. The Morgan fingerprint density at radius 1 is 1.06 bits per heavy atom. The van der Waals surface area contributed by atoms with Crippen molar-refractivity contribution in [2.45, 2.75) is 4.90 Å².